The SMILES string of the molecule is CC(C)(C)[C@@]1(O)CCN2C[C@H]3c4ccccc4CCc4cccc(c43)[C@@H]2C1. The molecule has 0 spiro atoms. The third-order valence-electron chi connectivity index (χ3n) is 7.63. The van der Waals surface area contributed by atoms with Gasteiger partial charge in [-0.05, 0) is 58.9 Å². The first kappa shape index (κ1) is 17.5. The smallest absolute Gasteiger partial charge is 0.0726 e. The van der Waals surface area contributed by atoms with Crippen molar-refractivity contribution in [3.8, 4) is 0 Å². The quantitative estimate of drug-likeness (QED) is 0.725. The van der Waals surface area contributed by atoms with Gasteiger partial charge in [0.1, 0.15) is 0 Å². The number of fused-ring (bicyclic) bond motifs is 4. The van der Waals surface area contributed by atoms with Gasteiger partial charge >= 0.3 is 0 Å². The standard InChI is InChI=1S/C25H31NO/c1-24(2,3)25(27)13-14-26-16-21-19-9-5-4-7-17(19)11-12-18-8-6-10-20(23(18)21)22(26)15-25/h4-10,21-22,27H,11-16H2,1-3H3/t21-,22-,25+/m0/s1. The molecular weight excluding hydrogens is 330 g/mol. The summed E-state index contributed by atoms with van der Waals surface area (Å²) in [4.78, 5) is 2.65. The zero-order chi connectivity index (χ0) is 18.8. The summed E-state index contributed by atoms with van der Waals surface area (Å²) in [6, 6.07) is 16.3. The average molecular weight is 362 g/mol. The van der Waals surface area contributed by atoms with Crippen molar-refractivity contribution in [3.05, 3.63) is 70.3 Å². The van der Waals surface area contributed by atoms with Crippen LogP contribution in [-0.4, -0.2) is 28.7 Å². The molecule has 2 aliphatic heterocycles. The van der Waals surface area contributed by atoms with Crippen molar-refractivity contribution in [1.82, 2.24) is 4.90 Å². The van der Waals surface area contributed by atoms with Gasteiger partial charge in [0, 0.05) is 25.0 Å². The number of aliphatic hydroxyl groups is 1. The molecule has 1 aliphatic carbocycles. The van der Waals surface area contributed by atoms with E-state index in [-0.39, 0.29) is 5.41 Å². The summed E-state index contributed by atoms with van der Waals surface area (Å²) in [6.07, 6.45) is 3.99. The van der Waals surface area contributed by atoms with Crippen LogP contribution in [0.15, 0.2) is 42.5 Å². The molecule has 1 fully saturated rings. The van der Waals surface area contributed by atoms with Gasteiger partial charge in [0.25, 0.3) is 0 Å². The Kier molecular flexibility index (Phi) is 3.83. The second-order valence-electron chi connectivity index (χ2n) is 9.92. The number of piperidine rings is 1. The molecule has 0 amide bonds. The summed E-state index contributed by atoms with van der Waals surface area (Å²) < 4.78 is 0. The number of rotatable bonds is 0. The van der Waals surface area contributed by atoms with E-state index in [2.05, 4.69) is 68.1 Å². The van der Waals surface area contributed by atoms with E-state index >= 15 is 0 Å². The zero-order valence-electron chi connectivity index (χ0n) is 16.8. The minimum atomic E-state index is -0.591. The topological polar surface area (TPSA) is 23.5 Å². The van der Waals surface area contributed by atoms with Gasteiger partial charge in [-0.25, -0.2) is 0 Å². The Morgan fingerprint density at radius 3 is 2.48 bits per heavy atom. The molecule has 0 bridgehead atoms. The summed E-state index contributed by atoms with van der Waals surface area (Å²) in [5.74, 6) is 0.479. The molecule has 1 N–H and O–H groups in total. The number of aryl methyl sites for hydroxylation is 2. The second kappa shape index (κ2) is 5.93. The summed E-state index contributed by atoms with van der Waals surface area (Å²) >= 11 is 0. The summed E-state index contributed by atoms with van der Waals surface area (Å²) in [5, 5.41) is 11.5. The Morgan fingerprint density at radius 1 is 0.963 bits per heavy atom. The summed E-state index contributed by atoms with van der Waals surface area (Å²) in [6.45, 7) is 8.65. The van der Waals surface area contributed by atoms with Crippen molar-refractivity contribution in [1.29, 1.82) is 0 Å². The van der Waals surface area contributed by atoms with Crippen molar-refractivity contribution in [2.45, 2.75) is 64.0 Å². The van der Waals surface area contributed by atoms with Gasteiger partial charge < -0.3 is 5.11 Å². The first-order valence-corrected chi connectivity index (χ1v) is 10.5. The maximum Gasteiger partial charge on any atom is 0.0726 e. The van der Waals surface area contributed by atoms with Crippen molar-refractivity contribution in [2.75, 3.05) is 13.1 Å². The van der Waals surface area contributed by atoms with Crippen LogP contribution in [-0.2, 0) is 12.8 Å². The third-order valence-corrected chi connectivity index (χ3v) is 7.63. The molecule has 0 radical (unpaired) electrons. The first-order chi connectivity index (χ1) is 12.9. The largest absolute Gasteiger partial charge is 0.389 e. The van der Waals surface area contributed by atoms with E-state index in [4.69, 9.17) is 0 Å². The van der Waals surface area contributed by atoms with Crippen LogP contribution in [0.25, 0.3) is 0 Å². The Hall–Kier alpha value is -1.64. The number of hydrogen-bond acceptors (Lipinski definition) is 2. The van der Waals surface area contributed by atoms with Gasteiger partial charge in [-0.15, -0.1) is 0 Å². The molecule has 2 aromatic carbocycles. The maximum absolute atomic E-state index is 11.5. The van der Waals surface area contributed by atoms with E-state index in [0.29, 0.717) is 12.0 Å². The average Bonchev–Trinajstić information content (AvgIpc) is 2.80. The fourth-order valence-electron chi connectivity index (χ4n) is 5.76. The van der Waals surface area contributed by atoms with Gasteiger partial charge in [0.05, 0.1) is 5.60 Å². The molecule has 2 heterocycles. The van der Waals surface area contributed by atoms with Crippen molar-refractivity contribution in [3.63, 3.8) is 0 Å². The lowest BCUT2D eigenvalue weighted by Gasteiger charge is -2.53. The number of nitrogens with zero attached hydrogens (tertiary/aromatic N) is 1. The van der Waals surface area contributed by atoms with Gasteiger partial charge in [0.2, 0.25) is 0 Å². The van der Waals surface area contributed by atoms with Gasteiger partial charge in [-0.1, -0.05) is 63.2 Å². The van der Waals surface area contributed by atoms with Gasteiger partial charge in [-0.2, -0.15) is 0 Å². The van der Waals surface area contributed by atoms with Crippen molar-refractivity contribution >= 4 is 0 Å². The van der Waals surface area contributed by atoms with Crippen molar-refractivity contribution in [2.24, 2.45) is 5.41 Å². The van der Waals surface area contributed by atoms with Crippen LogP contribution in [0.2, 0.25) is 0 Å². The third kappa shape index (κ3) is 2.61. The zero-order valence-corrected chi connectivity index (χ0v) is 16.8. The van der Waals surface area contributed by atoms with Crippen molar-refractivity contribution < 1.29 is 5.11 Å². The van der Waals surface area contributed by atoms with Gasteiger partial charge in [0.15, 0.2) is 0 Å². The molecule has 5 rings (SSSR count). The molecule has 0 saturated carbocycles. The molecule has 2 nitrogen and oxygen atoms in total. The molecule has 3 atom stereocenters. The summed E-state index contributed by atoms with van der Waals surface area (Å²) in [7, 11) is 0. The highest BCUT2D eigenvalue weighted by molar-refractivity contribution is 5.51. The highest BCUT2D eigenvalue weighted by Gasteiger charge is 2.49. The van der Waals surface area contributed by atoms with Crippen LogP contribution in [0.1, 0.15) is 73.4 Å². The van der Waals surface area contributed by atoms with Crippen LogP contribution >= 0.6 is 0 Å². The maximum atomic E-state index is 11.5. The van der Waals surface area contributed by atoms with Gasteiger partial charge in [-0.3, -0.25) is 4.90 Å². The number of hydrogen-bond donors (Lipinski definition) is 1. The van der Waals surface area contributed by atoms with Crippen LogP contribution in [0.3, 0.4) is 0 Å². The Bertz CT molecular complexity index is 880. The molecule has 1 saturated heterocycles. The molecule has 2 aromatic rings. The van der Waals surface area contributed by atoms with E-state index in [0.717, 1.165) is 38.8 Å². The highest BCUT2D eigenvalue weighted by atomic mass is 16.3. The van der Waals surface area contributed by atoms with Crippen LogP contribution < -0.4 is 0 Å². The molecule has 2 heteroatoms. The molecule has 142 valence electrons. The Labute approximate surface area is 163 Å². The lowest BCUT2D eigenvalue weighted by Crippen LogP contribution is -2.55. The molecular formula is C25H31NO. The van der Waals surface area contributed by atoms with Crippen LogP contribution in [0.4, 0.5) is 0 Å². The first-order valence-electron chi connectivity index (χ1n) is 10.5. The van der Waals surface area contributed by atoms with E-state index in [1.165, 1.54) is 22.3 Å². The fourth-order valence-corrected chi connectivity index (χ4v) is 5.76. The Balaban J connectivity index is 1.64. The monoisotopic (exact) mass is 361 g/mol. The highest BCUT2D eigenvalue weighted by Crippen LogP contribution is 2.51. The van der Waals surface area contributed by atoms with Crippen LogP contribution in [0.5, 0.6) is 0 Å². The predicted molar refractivity (Wildman–Crippen MR) is 110 cm³/mol. The lowest BCUT2D eigenvalue weighted by molar-refractivity contribution is -0.119. The lowest BCUT2D eigenvalue weighted by atomic mass is 9.66. The Morgan fingerprint density at radius 2 is 1.67 bits per heavy atom. The van der Waals surface area contributed by atoms with Crippen LogP contribution in [0, 0.1) is 5.41 Å². The fraction of sp³-hybridized carbons (Fsp3) is 0.520. The van der Waals surface area contributed by atoms with E-state index in [1.54, 1.807) is 5.56 Å². The minimum Gasteiger partial charge on any atom is -0.389 e. The number of benzene rings is 2. The molecule has 3 aliphatic rings. The minimum absolute atomic E-state index is 0.0890. The van der Waals surface area contributed by atoms with E-state index in [9.17, 15) is 5.11 Å². The normalized spacial score (nSPS) is 30.1. The van der Waals surface area contributed by atoms with E-state index in [1.807, 2.05) is 0 Å². The molecule has 27 heavy (non-hydrogen) atoms. The summed E-state index contributed by atoms with van der Waals surface area (Å²) in [5.41, 5.74) is 6.94. The second-order valence-corrected chi connectivity index (χ2v) is 9.92. The predicted octanol–water partition coefficient (Wildman–Crippen LogP) is 4.84. The van der Waals surface area contributed by atoms with E-state index < -0.39 is 5.60 Å². The molecule has 0 unspecified atom stereocenters. The molecule has 0 aromatic heterocycles.